The molecule has 3 nitrogen and oxygen atoms in total. The second kappa shape index (κ2) is 6.74. The Morgan fingerprint density at radius 2 is 1.95 bits per heavy atom. The highest BCUT2D eigenvalue weighted by molar-refractivity contribution is 14.1. The van der Waals surface area contributed by atoms with Gasteiger partial charge >= 0.3 is 0 Å². The first kappa shape index (κ1) is 14.8. The highest BCUT2D eigenvalue weighted by Crippen LogP contribution is 2.18. The van der Waals surface area contributed by atoms with Gasteiger partial charge in [-0.25, -0.2) is 0 Å². The number of benzene rings is 2. The molecule has 0 saturated heterocycles. The molecule has 2 aromatic carbocycles. The molecule has 0 aliphatic carbocycles. The summed E-state index contributed by atoms with van der Waals surface area (Å²) in [6.45, 7) is 3.70. The van der Waals surface area contributed by atoms with E-state index in [1.807, 2.05) is 55.5 Å². The molecule has 20 heavy (non-hydrogen) atoms. The smallest absolute Gasteiger partial charge is 0.265 e. The van der Waals surface area contributed by atoms with Crippen molar-refractivity contribution in [3.8, 4) is 5.75 Å². The van der Waals surface area contributed by atoms with E-state index in [1.54, 1.807) is 6.92 Å². The third-order valence-corrected chi connectivity index (χ3v) is 3.53. The van der Waals surface area contributed by atoms with E-state index in [4.69, 9.17) is 4.74 Å². The Balaban J connectivity index is 2.01. The van der Waals surface area contributed by atoms with Crippen LogP contribution < -0.4 is 10.1 Å². The molecule has 2 aromatic rings. The lowest BCUT2D eigenvalue weighted by Crippen LogP contribution is -2.30. The van der Waals surface area contributed by atoms with Crippen LogP contribution in [0.4, 0.5) is 5.69 Å². The van der Waals surface area contributed by atoms with Crippen LogP contribution in [-0.4, -0.2) is 12.0 Å². The summed E-state index contributed by atoms with van der Waals surface area (Å²) in [5.41, 5.74) is 1.79. The number of aryl methyl sites for hydroxylation is 1. The van der Waals surface area contributed by atoms with Crippen LogP contribution in [0.15, 0.2) is 48.5 Å². The fourth-order valence-electron chi connectivity index (χ4n) is 1.74. The maximum absolute atomic E-state index is 12.1. The van der Waals surface area contributed by atoms with Crippen molar-refractivity contribution >= 4 is 34.2 Å². The normalized spacial score (nSPS) is 11.8. The number of carbonyl (C=O) groups is 1. The van der Waals surface area contributed by atoms with E-state index in [0.717, 1.165) is 20.6 Å². The SMILES string of the molecule is Cc1ccccc1OC(C)C(=O)Nc1cccc(I)c1. The fourth-order valence-corrected chi connectivity index (χ4v) is 2.29. The number of rotatable bonds is 4. The summed E-state index contributed by atoms with van der Waals surface area (Å²) in [5, 5.41) is 2.85. The molecule has 104 valence electrons. The summed E-state index contributed by atoms with van der Waals surface area (Å²) < 4.78 is 6.77. The minimum atomic E-state index is -0.547. The van der Waals surface area contributed by atoms with Crippen LogP contribution in [0.1, 0.15) is 12.5 Å². The topological polar surface area (TPSA) is 38.3 Å². The minimum Gasteiger partial charge on any atom is -0.481 e. The van der Waals surface area contributed by atoms with Gasteiger partial charge in [0.2, 0.25) is 0 Å². The molecule has 1 unspecified atom stereocenters. The van der Waals surface area contributed by atoms with Crippen LogP contribution in [0, 0.1) is 10.5 Å². The molecule has 1 atom stereocenters. The van der Waals surface area contributed by atoms with Gasteiger partial charge in [0.25, 0.3) is 5.91 Å². The number of anilines is 1. The maximum Gasteiger partial charge on any atom is 0.265 e. The summed E-state index contributed by atoms with van der Waals surface area (Å²) in [6, 6.07) is 15.3. The third-order valence-electron chi connectivity index (χ3n) is 2.86. The Morgan fingerprint density at radius 1 is 1.20 bits per heavy atom. The average Bonchev–Trinajstić information content (AvgIpc) is 2.41. The Labute approximate surface area is 132 Å². The molecule has 2 rings (SSSR count). The van der Waals surface area contributed by atoms with Crippen molar-refractivity contribution in [1.29, 1.82) is 0 Å². The molecule has 0 saturated carbocycles. The first-order valence-electron chi connectivity index (χ1n) is 6.35. The van der Waals surface area contributed by atoms with Crippen molar-refractivity contribution in [3.05, 3.63) is 57.7 Å². The Bertz CT molecular complexity index is 613. The zero-order valence-corrected chi connectivity index (χ0v) is 13.5. The van der Waals surface area contributed by atoms with Crippen molar-refractivity contribution in [1.82, 2.24) is 0 Å². The lowest BCUT2D eigenvalue weighted by molar-refractivity contribution is -0.122. The highest BCUT2D eigenvalue weighted by atomic mass is 127. The van der Waals surface area contributed by atoms with Gasteiger partial charge in [0, 0.05) is 9.26 Å². The first-order valence-corrected chi connectivity index (χ1v) is 7.43. The molecular formula is C16H16INO2. The quantitative estimate of drug-likeness (QED) is 0.813. The summed E-state index contributed by atoms with van der Waals surface area (Å²) in [4.78, 5) is 12.1. The number of hydrogen-bond acceptors (Lipinski definition) is 2. The van der Waals surface area contributed by atoms with Crippen molar-refractivity contribution in [2.24, 2.45) is 0 Å². The Kier molecular flexibility index (Phi) is 5.00. The summed E-state index contributed by atoms with van der Waals surface area (Å²) >= 11 is 2.21. The molecule has 0 aliphatic heterocycles. The van der Waals surface area contributed by atoms with Crippen LogP contribution in [-0.2, 0) is 4.79 Å². The standard InChI is InChI=1S/C16H16INO2/c1-11-6-3-4-9-15(11)20-12(2)16(19)18-14-8-5-7-13(17)10-14/h3-10,12H,1-2H3,(H,18,19). The lowest BCUT2D eigenvalue weighted by atomic mass is 10.2. The van der Waals surface area contributed by atoms with Gasteiger partial charge in [-0.05, 0) is 66.3 Å². The average molecular weight is 381 g/mol. The van der Waals surface area contributed by atoms with Crippen molar-refractivity contribution < 1.29 is 9.53 Å². The van der Waals surface area contributed by atoms with E-state index in [2.05, 4.69) is 27.9 Å². The molecule has 0 aromatic heterocycles. The summed E-state index contributed by atoms with van der Waals surface area (Å²) in [6.07, 6.45) is -0.547. The van der Waals surface area contributed by atoms with Crippen LogP contribution in [0.2, 0.25) is 0 Å². The lowest BCUT2D eigenvalue weighted by Gasteiger charge is -2.16. The van der Waals surface area contributed by atoms with Gasteiger partial charge in [-0.1, -0.05) is 24.3 Å². The number of para-hydroxylation sites is 1. The molecule has 0 radical (unpaired) electrons. The largest absolute Gasteiger partial charge is 0.481 e. The first-order chi connectivity index (χ1) is 9.56. The van der Waals surface area contributed by atoms with Gasteiger partial charge in [0.05, 0.1) is 0 Å². The summed E-state index contributed by atoms with van der Waals surface area (Å²) in [7, 11) is 0. The van der Waals surface area contributed by atoms with Crippen molar-refractivity contribution in [2.75, 3.05) is 5.32 Å². The molecule has 4 heteroatoms. The fraction of sp³-hybridized carbons (Fsp3) is 0.188. The van der Waals surface area contributed by atoms with Gasteiger partial charge in [0.15, 0.2) is 6.10 Å². The van der Waals surface area contributed by atoms with Gasteiger partial charge in [0.1, 0.15) is 5.75 Å². The molecule has 0 aliphatic rings. The second-order valence-corrected chi connectivity index (χ2v) is 5.77. The molecular weight excluding hydrogens is 365 g/mol. The predicted octanol–water partition coefficient (Wildman–Crippen LogP) is 4.01. The monoisotopic (exact) mass is 381 g/mol. The van der Waals surface area contributed by atoms with E-state index in [-0.39, 0.29) is 5.91 Å². The molecule has 0 spiro atoms. The van der Waals surface area contributed by atoms with Crippen LogP contribution in [0.25, 0.3) is 0 Å². The van der Waals surface area contributed by atoms with Gasteiger partial charge < -0.3 is 10.1 Å². The number of hydrogen-bond donors (Lipinski definition) is 1. The van der Waals surface area contributed by atoms with Crippen LogP contribution >= 0.6 is 22.6 Å². The van der Waals surface area contributed by atoms with Crippen LogP contribution in [0.3, 0.4) is 0 Å². The second-order valence-electron chi connectivity index (χ2n) is 4.53. The number of nitrogens with one attached hydrogen (secondary N) is 1. The van der Waals surface area contributed by atoms with Crippen molar-refractivity contribution in [3.63, 3.8) is 0 Å². The minimum absolute atomic E-state index is 0.157. The van der Waals surface area contributed by atoms with Gasteiger partial charge in [-0.3, -0.25) is 4.79 Å². The molecule has 0 fully saturated rings. The highest BCUT2D eigenvalue weighted by Gasteiger charge is 2.15. The third kappa shape index (κ3) is 3.96. The number of carbonyl (C=O) groups excluding carboxylic acids is 1. The number of ether oxygens (including phenoxy) is 1. The number of amides is 1. The van der Waals surface area contributed by atoms with E-state index in [9.17, 15) is 4.79 Å². The van der Waals surface area contributed by atoms with E-state index >= 15 is 0 Å². The van der Waals surface area contributed by atoms with Gasteiger partial charge in [-0.2, -0.15) is 0 Å². The Morgan fingerprint density at radius 3 is 2.65 bits per heavy atom. The maximum atomic E-state index is 12.1. The molecule has 0 heterocycles. The molecule has 1 amide bonds. The zero-order valence-electron chi connectivity index (χ0n) is 11.4. The van der Waals surface area contributed by atoms with E-state index in [1.165, 1.54) is 0 Å². The Hall–Kier alpha value is -1.56. The van der Waals surface area contributed by atoms with Crippen LogP contribution in [0.5, 0.6) is 5.75 Å². The predicted molar refractivity (Wildman–Crippen MR) is 89.1 cm³/mol. The zero-order chi connectivity index (χ0) is 14.5. The van der Waals surface area contributed by atoms with E-state index in [0.29, 0.717) is 0 Å². The van der Waals surface area contributed by atoms with E-state index < -0.39 is 6.10 Å². The summed E-state index contributed by atoms with van der Waals surface area (Å²) in [5.74, 6) is 0.577. The molecule has 1 N–H and O–H groups in total. The van der Waals surface area contributed by atoms with Gasteiger partial charge in [-0.15, -0.1) is 0 Å². The van der Waals surface area contributed by atoms with Crippen molar-refractivity contribution in [2.45, 2.75) is 20.0 Å². The number of halogens is 1. The molecule has 0 bridgehead atoms.